The monoisotopic (exact) mass is 492 g/mol. The Balaban J connectivity index is 1.44. The number of thiophene rings is 1. The highest BCUT2D eigenvalue weighted by Gasteiger charge is 2.26. The van der Waals surface area contributed by atoms with E-state index in [1.807, 2.05) is 63.4 Å². The van der Waals surface area contributed by atoms with Gasteiger partial charge in [-0.1, -0.05) is 23.7 Å². The normalized spacial score (nSPS) is 14.0. The molecule has 0 unspecified atom stereocenters. The first-order valence-corrected chi connectivity index (χ1v) is 12.4. The fourth-order valence-corrected chi connectivity index (χ4v) is 5.57. The predicted octanol–water partition coefficient (Wildman–Crippen LogP) is 5.24. The molecule has 0 bridgehead atoms. The van der Waals surface area contributed by atoms with Crippen LogP contribution in [0.5, 0.6) is 0 Å². The summed E-state index contributed by atoms with van der Waals surface area (Å²) in [6, 6.07) is 11.5. The molecule has 1 saturated heterocycles. The number of rotatable bonds is 4. The fraction of sp³-hybridized carbons (Fsp3) is 0.280. The van der Waals surface area contributed by atoms with Crippen molar-refractivity contribution in [1.29, 1.82) is 0 Å². The van der Waals surface area contributed by atoms with Gasteiger partial charge in [-0.3, -0.25) is 4.79 Å². The molecule has 9 heteroatoms. The summed E-state index contributed by atoms with van der Waals surface area (Å²) < 4.78 is 0. The SMILES string of the molecule is Cc1nc(N2CCN(c3ccccn3)CC2)c2c(C)c(C(=O)Nc3cccc(Cl)c3C)sc2n1. The van der Waals surface area contributed by atoms with Gasteiger partial charge in [0.25, 0.3) is 5.91 Å². The summed E-state index contributed by atoms with van der Waals surface area (Å²) in [4.78, 5) is 33.2. The fourth-order valence-electron chi connectivity index (χ4n) is 4.28. The maximum atomic E-state index is 13.2. The minimum Gasteiger partial charge on any atom is -0.353 e. The molecule has 1 fully saturated rings. The Morgan fingerprint density at radius 2 is 1.74 bits per heavy atom. The van der Waals surface area contributed by atoms with Gasteiger partial charge in [-0.15, -0.1) is 11.3 Å². The minimum absolute atomic E-state index is 0.158. The van der Waals surface area contributed by atoms with E-state index in [1.165, 1.54) is 11.3 Å². The summed E-state index contributed by atoms with van der Waals surface area (Å²) >= 11 is 7.64. The standard InChI is InChI=1S/C25H25ClN6OS/c1-15-18(26)7-6-8-19(15)30-24(33)22-16(2)21-23(28-17(3)29-25(21)34-22)32-13-11-31(12-14-32)20-9-4-5-10-27-20/h4-10H,11-14H2,1-3H3,(H,30,33). The summed E-state index contributed by atoms with van der Waals surface area (Å²) in [7, 11) is 0. The molecule has 4 aromatic rings. The van der Waals surface area contributed by atoms with E-state index in [1.54, 1.807) is 0 Å². The van der Waals surface area contributed by atoms with E-state index < -0.39 is 0 Å². The van der Waals surface area contributed by atoms with Crippen LogP contribution in [0.4, 0.5) is 17.3 Å². The molecule has 0 aliphatic carbocycles. The molecule has 4 heterocycles. The Morgan fingerprint density at radius 1 is 0.971 bits per heavy atom. The average molecular weight is 493 g/mol. The maximum absolute atomic E-state index is 13.2. The number of hydrogen-bond donors (Lipinski definition) is 1. The molecular weight excluding hydrogens is 468 g/mol. The molecule has 7 nitrogen and oxygen atoms in total. The molecular formula is C25H25ClN6OS. The van der Waals surface area contributed by atoms with Gasteiger partial charge >= 0.3 is 0 Å². The van der Waals surface area contributed by atoms with Gasteiger partial charge in [-0.2, -0.15) is 0 Å². The van der Waals surface area contributed by atoms with E-state index in [2.05, 4.69) is 25.1 Å². The molecule has 34 heavy (non-hydrogen) atoms. The van der Waals surface area contributed by atoms with Crippen molar-refractivity contribution in [3.05, 3.63) is 69.4 Å². The quantitative estimate of drug-likeness (QED) is 0.419. The topological polar surface area (TPSA) is 74.2 Å². The molecule has 1 aliphatic heterocycles. The number of anilines is 3. The lowest BCUT2D eigenvalue weighted by molar-refractivity contribution is 0.103. The second kappa shape index (κ2) is 9.19. The van der Waals surface area contributed by atoms with Crippen LogP contribution in [0.3, 0.4) is 0 Å². The molecule has 1 aromatic carbocycles. The number of fused-ring (bicyclic) bond motifs is 1. The first kappa shape index (κ1) is 22.6. The number of carbonyl (C=O) groups excluding carboxylic acids is 1. The van der Waals surface area contributed by atoms with Crippen LogP contribution >= 0.6 is 22.9 Å². The molecule has 1 amide bonds. The Kier molecular flexibility index (Phi) is 6.10. The molecule has 1 N–H and O–H groups in total. The van der Waals surface area contributed by atoms with Crippen molar-refractivity contribution < 1.29 is 4.79 Å². The maximum Gasteiger partial charge on any atom is 0.266 e. The third-order valence-electron chi connectivity index (χ3n) is 6.16. The number of piperazine rings is 1. The number of nitrogens with one attached hydrogen (secondary N) is 1. The Morgan fingerprint density at radius 3 is 2.47 bits per heavy atom. The zero-order valence-corrected chi connectivity index (χ0v) is 20.9. The minimum atomic E-state index is -0.158. The number of carbonyl (C=O) groups is 1. The van der Waals surface area contributed by atoms with Gasteiger partial charge in [0.05, 0.1) is 10.3 Å². The van der Waals surface area contributed by atoms with Gasteiger partial charge < -0.3 is 15.1 Å². The molecule has 0 atom stereocenters. The van der Waals surface area contributed by atoms with E-state index >= 15 is 0 Å². The number of halogens is 1. The average Bonchev–Trinajstić information content (AvgIpc) is 3.18. The second-order valence-electron chi connectivity index (χ2n) is 8.36. The van der Waals surface area contributed by atoms with E-state index in [0.717, 1.165) is 59.2 Å². The number of nitrogens with zero attached hydrogens (tertiary/aromatic N) is 5. The van der Waals surface area contributed by atoms with Crippen molar-refractivity contribution in [3.8, 4) is 0 Å². The molecule has 174 valence electrons. The number of aromatic nitrogens is 3. The predicted molar refractivity (Wildman–Crippen MR) is 140 cm³/mol. The number of pyridine rings is 1. The second-order valence-corrected chi connectivity index (χ2v) is 9.77. The van der Waals surface area contributed by atoms with Crippen LogP contribution in [0.1, 0.15) is 26.6 Å². The Labute approximate surface area is 207 Å². The van der Waals surface area contributed by atoms with Crippen LogP contribution in [-0.2, 0) is 0 Å². The third-order valence-corrected chi connectivity index (χ3v) is 7.75. The van der Waals surface area contributed by atoms with E-state index in [9.17, 15) is 4.79 Å². The van der Waals surface area contributed by atoms with Gasteiger partial charge in [0.15, 0.2) is 0 Å². The van der Waals surface area contributed by atoms with Crippen molar-refractivity contribution >= 4 is 56.4 Å². The van der Waals surface area contributed by atoms with Gasteiger partial charge in [-0.25, -0.2) is 15.0 Å². The number of amides is 1. The highest BCUT2D eigenvalue weighted by Crippen LogP contribution is 2.36. The van der Waals surface area contributed by atoms with E-state index in [4.69, 9.17) is 16.6 Å². The van der Waals surface area contributed by atoms with Crippen LogP contribution in [0.2, 0.25) is 5.02 Å². The lowest BCUT2D eigenvalue weighted by Gasteiger charge is -2.36. The summed E-state index contributed by atoms with van der Waals surface area (Å²) in [5.41, 5.74) is 2.46. The Hall–Kier alpha value is -3.23. The van der Waals surface area contributed by atoms with Crippen molar-refractivity contribution in [3.63, 3.8) is 0 Å². The van der Waals surface area contributed by atoms with E-state index in [0.29, 0.717) is 21.4 Å². The summed E-state index contributed by atoms with van der Waals surface area (Å²) in [6.45, 7) is 9.12. The zero-order valence-electron chi connectivity index (χ0n) is 19.3. The number of aryl methyl sites for hydroxylation is 2. The van der Waals surface area contributed by atoms with Crippen LogP contribution in [0.15, 0.2) is 42.6 Å². The van der Waals surface area contributed by atoms with Gasteiger partial charge in [-0.05, 0) is 56.2 Å². The van der Waals surface area contributed by atoms with Crippen molar-refractivity contribution in [2.45, 2.75) is 20.8 Å². The zero-order chi connectivity index (χ0) is 23.8. The van der Waals surface area contributed by atoms with Crippen LogP contribution in [-0.4, -0.2) is 47.0 Å². The summed E-state index contributed by atoms with van der Waals surface area (Å²) in [5.74, 6) is 2.44. The highest BCUT2D eigenvalue weighted by molar-refractivity contribution is 7.20. The van der Waals surface area contributed by atoms with Crippen LogP contribution < -0.4 is 15.1 Å². The molecule has 0 radical (unpaired) electrons. The van der Waals surface area contributed by atoms with Crippen LogP contribution in [0.25, 0.3) is 10.2 Å². The molecule has 0 saturated carbocycles. The first-order chi connectivity index (χ1) is 16.4. The van der Waals surface area contributed by atoms with Crippen molar-refractivity contribution in [2.75, 3.05) is 41.3 Å². The lowest BCUT2D eigenvalue weighted by Crippen LogP contribution is -2.47. The molecule has 5 rings (SSSR count). The van der Waals surface area contributed by atoms with Crippen molar-refractivity contribution in [2.24, 2.45) is 0 Å². The molecule has 3 aromatic heterocycles. The van der Waals surface area contributed by atoms with Gasteiger partial charge in [0.1, 0.15) is 22.3 Å². The third kappa shape index (κ3) is 4.19. The van der Waals surface area contributed by atoms with Crippen molar-refractivity contribution in [1.82, 2.24) is 15.0 Å². The Bertz CT molecular complexity index is 1370. The number of benzene rings is 1. The van der Waals surface area contributed by atoms with Gasteiger partial charge in [0.2, 0.25) is 0 Å². The number of hydrogen-bond acceptors (Lipinski definition) is 7. The van der Waals surface area contributed by atoms with Gasteiger partial charge in [0, 0.05) is 43.1 Å². The smallest absolute Gasteiger partial charge is 0.266 e. The van der Waals surface area contributed by atoms with Crippen LogP contribution in [0, 0.1) is 20.8 Å². The van der Waals surface area contributed by atoms with E-state index in [-0.39, 0.29) is 5.91 Å². The first-order valence-electron chi connectivity index (χ1n) is 11.2. The highest BCUT2D eigenvalue weighted by atomic mass is 35.5. The molecule has 1 aliphatic rings. The summed E-state index contributed by atoms with van der Waals surface area (Å²) in [6.07, 6.45) is 1.82. The largest absolute Gasteiger partial charge is 0.353 e. The molecule has 0 spiro atoms. The lowest BCUT2D eigenvalue weighted by atomic mass is 10.1. The summed E-state index contributed by atoms with van der Waals surface area (Å²) in [5, 5.41) is 4.60.